The Balaban J connectivity index is 3.08. The number of aldehydes is 1. The lowest BCUT2D eigenvalue weighted by Gasteiger charge is -2.17. The Morgan fingerprint density at radius 1 is 1.47 bits per heavy atom. The summed E-state index contributed by atoms with van der Waals surface area (Å²) < 4.78 is 4.66. The molecule has 2 unspecified atom stereocenters. The maximum atomic E-state index is 11.1. The van der Waals surface area contributed by atoms with Gasteiger partial charge in [-0.15, -0.1) is 0 Å². The van der Waals surface area contributed by atoms with E-state index in [0.717, 1.165) is 7.11 Å². The maximum absolute atomic E-state index is 11.1. The van der Waals surface area contributed by atoms with Gasteiger partial charge in [0.15, 0.2) is 12.4 Å². The van der Waals surface area contributed by atoms with E-state index in [2.05, 4.69) is 20.7 Å². The van der Waals surface area contributed by atoms with Crippen LogP contribution in [0.2, 0.25) is 0 Å². The first-order valence-electron chi connectivity index (χ1n) is 4.70. The number of methoxy groups -OCH3 is 1. The van der Waals surface area contributed by atoms with Gasteiger partial charge in [0.2, 0.25) is 0 Å². The molecular weight excluding hydrogens is 292 g/mol. The smallest absolute Gasteiger partial charge is 0.337 e. The molecule has 0 spiro atoms. The van der Waals surface area contributed by atoms with Crippen LogP contribution in [0.5, 0.6) is 0 Å². The normalized spacial score (nSPS) is 13.9. The number of carbonyl (C=O) groups is 2. The quantitative estimate of drug-likeness (QED) is 0.636. The molecule has 6 heteroatoms. The summed E-state index contributed by atoms with van der Waals surface area (Å²) >= 11 is 3.13. The molecule has 0 saturated carbocycles. The van der Waals surface area contributed by atoms with Crippen molar-refractivity contribution in [2.45, 2.75) is 12.2 Å². The van der Waals surface area contributed by atoms with E-state index in [1.807, 2.05) is 0 Å². The minimum Gasteiger partial charge on any atom is -0.467 e. The van der Waals surface area contributed by atoms with Gasteiger partial charge in [0, 0.05) is 10.0 Å². The number of rotatable bonds is 4. The molecule has 1 rings (SSSR count). The number of aliphatic hydroxyl groups excluding tert-OH is 2. The molecule has 2 atom stereocenters. The van der Waals surface area contributed by atoms with Gasteiger partial charge in [-0.25, -0.2) is 4.79 Å². The van der Waals surface area contributed by atoms with Gasteiger partial charge in [-0.3, -0.25) is 4.79 Å². The molecule has 1 aromatic carbocycles. The zero-order valence-corrected chi connectivity index (χ0v) is 10.5. The van der Waals surface area contributed by atoms with Crippen LogP contribution in [-0.4, -0.2) is 35.7 Å². The van der Waals surface area contributed by atoms with Crippen molar-refractivity contribution < 1.29 is 24.5 Å². The van der Waals surface area contributed by atoms with Crippen molar-refractivity contribution in [2.24, 2.45) is 0 Å². The van der Waals surface area contributed by atoms with Gasteiger partial charge in [0.05, 0.1) is 7.11 Å². The largest absolute Gasteiger partial charge is 0.467 e. The van der Waals surface area contributed by atoms with E-state index in [4.69, 9.17) is 0 Å². The molecule has 0 amide bonds. The lowest BCUT2D eigenvalue weighted by molar-refractivity contribution is -0.156. The number of esters is 1. The summed E-state index contributed by atoms with van der Waals surface area (Å²) in [5.41, 5.74) is 0.561. The van der Waals surface area contributed by atoms with Crippen LogP contribution in [-0.2, 0) is 9.53 Å². The van der Waals surface area contributed by atoms with Crippen LogP contribution in [0.15, 0.2) is 22.7 Å². The first-order chi connectivity index (χ1) is 8.02. The number of hydrogen-bond acceptors (Lipinski definition) is 5. The monoisotopic (exact) mass is 302 g/mol. The summed E-state index contributed by atoms with van der Waals surface area (Å²) in [7, 11) is 1.11. The zero-order valence-electron chi connectivity index (χ0n) is 8.96. The molecule has 0 aliphatic carbocycles. The summed E-state index contributed by atoms with van der Waals surface area (Å²) in [6.45, 7) is 0. The van der Waals surface area contributed by atoms with E-state index in [0.29, 0.717) is 16.3 Å². The van der Waals surface area contributed by atoms with Gasteiger partial charge in [-0.1, -0.05) is 18.2 Å². The van der Waals surface area contributed by atoms with Crippen molar-refractivity contribution >= 4 is 28.2 Å². The van der Waals surface area contributed by atoms with Gasteiger partial charge in [-0.05, 0) is 21.5 Å². The minimum atomic E-state index is -1.70. The predicted octanol–water partition coefficient (Wildman–Crippen LogP) is 0.829. The second-order valence-corrected chi connectivity index (χ2v) is 4.07. The third kappa shape index (κ3) is 2.91. The highest BCUT2D eigenvalue weighted by Crippen LogP contribution is 2.28. The molecule has 1 aromatic rings. The summed E-state index contributed by atoms with van der Waals surface area (Å²) in [5.74, 6) is -0.944. The standard InChI is InChI=1S/C11H11BrO5/c1-17-11(16)10(15)9(14)7-4-2-3-6(5-13)8(7)12/h2-5,9-10,14-15H,1H3. The average molecular weight is 303 g/mol. The molecule has 0 fully saturated rings. The van der Waals surface area contributed by atoms with Gasteiger partial charge < -0.3 is 14.9 Å². The molecule has 0 heterocycles. The number of hydrogen-bond donors (Lipinski definition) is 2. The fraction of sp³-hybridized carbons (Fsp3) is 0.273. The fourth-order valence-corrected chi connectivity index (χ4v) is 1.90. The summed E-state index contributed by atoms with van der Waals surface area (Å²) in [6.07, 6.45) is -2.56. The molecule has 0 aromatic heterocycles. The summed E-state index contributed by atoms with van der Waals surface area (Å²) in [5, 5.41) is 19.3. The Labute approximate surface area is 106 Å². The predicted molar refractivity (Wildman–Crippen MR) is 62.5 cm³/mol. The number of ether oxygens (including phenoxy) is 1. The Hall–Kier alpha value is -1.24. The zero-order chi connectivity index (χ0) is 13.0. The first-order valence-corrected chi connectivity index (χ1v) is 5.49. The van der Waals surface area contributed by atoms with Crippen molar-refractivity contribution in [2.75, 3.05) is 7.11 Å². The lowest BCUT2D eigenvalue weighted by Crippen LogP contribution is -2.29. The van der Waals surface area contributed by atoms with Crippen molar-refractivity contribution in [3.8, 4) is 0 Å². The Morgan fingerprint density at radius 3 is 2.65 bits per heavy atom. The molecule has 0 bridgehead atoms. The van der Waals surface area contributed by atoms with Gasteiger partial charge >= 0.3 is 5.97 Å². The number of halogens is 1. The third-order valence-electron chi connectivity index (χ3n) is 2.25. The van der Waals surface area contributed by atoms with Crippen LogP contribution < -0.4 is 0 Å². The van der Waals surface area contributed by atoms with Gasteiger partial charge in [0.25, 0.3) is 0 Å². The number of aliphatic hydroxyl groups is 2. The van der Waals surface area contributed by atoms with E-state index < -0.39 is 18.2 Å². The molecule has 92 valence electrons. The van der Waals surface area contributed by atoms with Crippen molar-refractivity contribution in [1.29, 1.82) is 0 Å². The van der Waals surface area contributed by atoms with Crippen LogP contribution in [0.1, 0.15) is 22.0 Å². The summed E-state index contributed by atoms with van der Waals surface area (Å²) in [6, 6.07) is 4.57. The van der Waals surface area contributed by atoms with E-state index in [9.17, 15) is 19.8 Å². The second kappa shape index (κ2) is 5.90. The van der Waals surface area contributed by atoms with Crippen LogP contribution in [0.3, 0.4) is 0 Å². The summed E-state index contributed by atoms with van der Waals surface area (Å²) in [4.78, 5) is 21.8. The molecule has 0 saturated heterocycles. The van der Waals surface area contributed by atoms with Crippen molar-refractivity contribution in [3.05, 3.63) is 33.8 Å². The van der Waals surface area contributed by atoms with Crippen LogP contribution in [0.4, 0.5) is 0 Å². The molecule has 0 aliphatic rings. The molecule has 17 heavy (non-hydrogen) atoms. The average Bonchev–Trinajstić information content (AvgIpc) is 2.36. The molecule has 0 radical (unpaired) electrons. The van der Waals surface area contributed by atoms with E-state index in [1.165, 1.54) is 18.2 Å². The molecular formula is C11H11BrO5. The molecule has 2 N–H and O–H groups in total. The van der Waals surface area contributed by atoms with E-state index in [1.54, 1.807) is 0 Å². The topological polar surface area (TPSA) is 83.8 Å². The highest BCUT2D eigenvalue weighted by molar-refractivity contribution is 9.10. The van der Waals surface area contributed by atoms with Gasteiger partial charge in [0.1, 0.15) is 6.10 Å². The van der Waals surface area contributed by atoms with Crippen LogP contribution in [0.25, 0.3) is 0 Å². The van der Waals surface area contributed by atoms with Crippen LogP contribution in [0, 0.1) is 0 Å². The highest BCUT2D eigenvalue weighted by Gasteiger charge is 2.28. The van der Waals surface area contributed by atoms with E-state index >= 15 is 0 Å². The molecule has 5 nitrogen and oxygen atoms in total. The number of benzene rings is 1. The fourth-order valence-electron chi connectivity index (χ4n) is 1.31. The van der Waals surface area contributed by atoms with Crippen molar-refractivity contribution in [3.63, 3.8) is 0 Å². The number of carbonyl (C=O) groups excluding carboxylic acids is 2. The maximum Gasteiger partial charge on any atom is 0.337 e. The Bertz CT molecular complexity index is 432. The highest BCUT2D eigenvalue weighted by atomic mass is 79.9. The molecule has 0 aliphatic heterocycles. The SMILES string of the molecule is COC(=O)C(O)C(O)c1cccc(C=O)c1Br. The van der Waals surface area contributed by atoms with E-state index in [-0.39, 0.29) is 5.56 Å². The third-order valence-corrected chi connectivity index (χ3v) is 3.16. The first kappa shape index (κ1) is 13.8. The van der Waals surface area contributed by atoms with Crippen molar-refractivity contribution in [1.82, 2.24) is 0 Å². The van der Waals surface area contributed by atoms with Gasteiger partial charge in [-0.2, -0.15) is 0 Å². The van der Waals surface area contributed by atoms with Crippen LogP contribution >= 0.6 is 15.9 Å². The minimum absolute atomic E-state index is 0.243. The lowest BCUT2D eigenvalue weighted by atomic mass is 10.0. The second-order valence-electron chi connectivity index (χ2n) is 3.28. The Kier molecular flexibility index (Phi) is 4.80. The Morgan fingerprint density at radius 2 is 2.12 bits per heavy atom.